The molecule has 1 heterocycles. The van der Waals surface area contributed by atoms with Crippen LogP contribution in [0.15, 0.2) is 18.3 Å². The lowest BCUT2D eigenvalue weighted by Crippen LogP contribution is -2.34. The molecule has 0 aliphatic heterocycles. The molecule has 0 aliphatic carbocycles. The molecule has 0 spiro atoms. The molecule has 4 nitrogen and oxygen atoms in total. The lowest BCUT2D eigenvalue weighted by molar-refractivity contribution is -0.117. The molecule has 0 radical (unpaired) electrons. The number of hydrogen-bond acceptors (Lipinski definition) is 3. The van der Waals surface area contributed by atoms with E-state index in [4.69, 9.17) is 5.73 Å². The van der Waals surface area contributed by atoms with Gasteiger partial charge in [0.15, 0.2) is 0 Å². The van der Waals surface area contributed by atoms with Crippen molar-refractivity contribution in [3.63, 3.8) is 0 Å². The lowest BCUT2D eigenvalue weighted by atomic mass is 10.2. The minimum atomic E-state index is -0.441. The molecule has 14 heavy (non-hydrogen) atoms. The minimum absolute atomic E-state index is 0.155. The van der Waals surface area contributed by atoms with Gasteiger partial charge in [0.2, 0.25) is 5.91 Å². The van der Waals surface area contributed by atoms with E-state index in [1.165, 1.54) is 0 Å². The maximum atomic E-state index is 11.4. The number of rotatable bonds is 3. The smallest absolute Gasteiger partial charge is 0.241 e. The first-order valence-corrected chi connectivity index (χ1v) is 4.62. The number of anilines is 1. The van der Waals surface area contributed by atoms with Crippen LogP contribution in [0.25, 0.3) is 0 Å². The third kappa shape index (κ3) is 2.81. The van der Waals surface area contributed by atoms with E-state index in [1.807, 2.05) is 13.8 Å². The molecule has 0 saturated heterocycles. The second-order valence-electron chi connectivity index (χ2n) is 3.19. The Bertz CT molecular complexity index is 325. The topological polar surface area (TPSA) is 68.0 Å². The number of amides is 1. The van der Waals surface area contributed by atoms with Crippen LogP contribution < -0.4 is 11.1 Å². The Kier molecular flexibility index (Phi) is 3.59. The van der Waals surface area contributed by atoms with Crippen LogP contribution in [0, 0.1) is 6.92 Å². The highest BCUT2D eigenvalue weighted by Crippen LogP contribution is 2.07. The average molecular weight is 193 g/mol. The summed E-state index contributed by atoms with van der Waals surface area (Å²) in [4.78, 5) is 15.4. The fraction of sp³-hybridized carbons (Fsp3) is 0.400. The number of carbonyl (C=O) groups excluding carboxylic acids is 1. The summed E-state index contributed by atoms with van der Waals surface area (Å²) < 4.78 is 0. The van der Waals surface area contributed by atoms with Gasteiger partial charge in [0.25, 0.3) is 0 Å². The third-order valence-corrected chi connectivity index (χ3v) is 1.94. The zero-order valence-electron chi connectivity index (χ0n) is 8.45. The fourth-order valence-corrected chi connectivity index (χ4v) is 1.04. The maximum Gasteiger partial charge on any atom is 0.241 e. The molecule has 0 aliphatic rings. The van der Waals surface area contributed by atoms with Crippen molar-refractivity contribution in [3.05, 3.63) is 24.0 Å². The lowest BCUT2D eigenvalue weighted by Gasteiger charge is -2.09. The summed E-state index contributed by atoms with van der Waals surface area (Å²) in [6, 6.07) is 3.11. The Labute approximate surface area is 83.5 Å². The molecule has 76 valence electrons. The Morgan fingerprint density at radius 2 is 2.43 bits per heavy atom. The van der Waals surface area contributed by atoms with Crippen LogP contribution in [0.4, 0.5) is 5.69 Å². The van der Waals surface area contributed by atoms with Crippen LogP contribution in [0.5, 0.6) is 0 Å². The molecule has 4 heteroatoms. The van der Waals surface area contributed by atoms with E-state index in [9.17, 15) is 4.79 Å². The predicted octanol–water partition coefficient (Wildman–Crippen LogP) is 1.07. The first-order chi connectivity index (χ1) is 6.63. The van der Waals surface area contributed by atoms with E-state index in [-0.39, 0.29) is 5.91 Å². The first kappa shape index (κ1) is 10.7. The number of nitrogens with zero attached hydrogens (tertiary/aromatic N) is 1. The van der Waals surface area contributed by atoms with Crippen LogP contribution in [0.1, 0.15) is 19.0 Å². The predicted molar refractivity (Wildman–Crippen MR) is 55.9 cm³/mol. The molecular weight excluding hydrogens is 178 g/mol. The zero-order chi connectivity index (χ0) is 10.6. The number of aromatic nitrogens is 1. The quantitative estimate of drug-likeness (QED) is 0.754. The number of nitrogens with one attached hydrogen (secondary N) is 1. The fourth-order valence-electron chi connectivity index (χ4n) is 1.04. The highest BCUT2D eigenvalue weighted by molar-refractivity contribution is 5.94. The van der Waals surface area contributed by atoms with Gasteiger partial charge in [-0.25, -0.2) is 0 Å². The van der Waals surface area contributed by atoms with Gasteiger partial charge < -0.3 is 11.1 Å². The Balaban J connectivity index is 2.65. The molecule has 1 atom stereocenters. The number of carbonyl (C=O) groups is 1. The third-order valence-electron chi connectivity index (χ3n) is 1.94. The van der Waals surface area contributed by atoms with Crippen molar-refractivity contribution >= 4 is 11.6 Å². The molecule has 0 fully saturated rings. The number of pyridine rings is 1. The zero-order valence-corrected chi connectivity index (χ0v) is 8.45. The average Bonchev–Trinajstić information content (AvgIpc) is 2.16. The second-order valence-corrected chi connectivity index (χ2v) is 3.19. The van der Waals surface area contributed by atoms with Gasteiger partial charge in [-0.05, 0) is 25.5 Å². The highest BCUT2D eigenvalue weighted by Gasteiger charge is 2.10. The van der Waals surface area contributed by atoms with E-state index in [0.717, 1.165) is 11.4 Å². The molecule has 1 unspecified atom stereocenters. The van der Waals surface area contributed by atoms with Gasteiger partial charge in [-0.1, -0.05) is 6.92 Å². The summed E-state index contributed by atoms with van der Waals surface area (Å²) in [5.74, 6) is -0.155. The molecule has 1 aromatic rings. The molecule has 1 rings (SSSR count). The van der Waals surface area contributed by atoms with Crippen LogP contribution in [-0.2, 0) is 4.79 Å². The van der Waals surface area contributed by atoms with Crippen molar-refractivity contribution in [2.24, 2.45) is 5.73 Å². The maximum absolute atomic E-state index is 11.4. The molecule has 1 aromatic heterocycles. The van der Waals surface area contributed by atoms with Crippen molar-refractivity contribution in [3.8, 4) is 0 Å². The molecular formula is C10H15N3O. The minimum Gasteiger partial charge on any atom is -0.325 e. The SMILES string of the molecule is CCC(N)C(=O)Nc1ccnc(C)c1. The van der Waals surface area contributed by atoms with Crippen molar-refractivity contribution < 1.29 is 4.79 Å². The van der Waals surface area contributed by atoms with Crippen molar-refractivity contribution in [2.75, 3.05) is 5.32 Å². The van der Waals surface area contributed by atoms with E-state index in [1.54, 1.807) is 18.3 Å². The van der Waals surface area contributed by atoms with Crippen molar-refractivity contribution in [2.45, 2.75) is 26.3 Å². The molecule has 0 bridgehead atoms. The van der Waals surface area contributed by atoms with E-state index >= 15 is 0 Å². The number of nitrogens with two attached hydrogens (primary N) is 1. The summed E-state index contributed by atoms with van der Waals surface area (Å²) in [6.45, 7) is 3.75. The summed E-state index contributed by atoms with van der Waals surface area (Å²) in [5.41, 5.74) is 7.19. The van der Waals surface area contributed by atoms with Crippen LogP contribution in [0.3, 0.4) is 0 Å². The second kappa shape index (κ2) is 4.72. The van der Waals surface area contributed by atoms with Gasteiger partial charge in [-0.15, -0.1) is 0 Å². The Hall–Kier alpha value is -1.42. The molecule has 0 saturated carbocycles. The summed E-state index contributed by atoms with van der Waals surface area (Å²) in [7, 11) is 0. The van der Waals surface area contributed by atoms with E-state index in [2.05, 4.69) is 10.3 Å². The number of hydrogen-bond donors (Lipinski definition) is 2. The molecule has 3 N–H and O–H groups in total. The summed E-state index contributed by atoms with van der Waals surface area (Å²) >= 11 is 0. The van der Waals surface area contributed by atoms with Crippen LogP contribution in [0.2, 0.25) is 0 Å². The van der Waals surface area contributed by atoms with Crippen molar-refractivity contribution in [1.82, 2.24) is 4.98 Å². The van der Waals surface area contributed by atoms with Gasteiger partial charge in [0.1, 0.15) is 0 Å². The summed E-state index contributed by atoms with van der Waals surface area (Å²) in [6.07, 6.45) is 2.29. The van der Waals surface area contributed by atoms with Gasteiger partial charge in [0.05, 0.1) is 6.04 Å². The monoisotopic (exact) mass is 193 g/mol. The van der Waals surface area contributed by atoms with Gasteiger partial charge >= 0.3 is 0 Å². The largest absolute Gasteiger partial charge is 0.325 e. The Morgan fingerprint density at radius 3 is 3.00 bits per heavy atom. The standard InChI is InChI=1S/C10H15N3O/c1-3-9(11)10(14)13-8-4-5-12-7(2)6-8/h4-6,9H,3,11H2,1-2H3,(H,12,13,14). The highest BCUT2D eigenvalue weighted by atomic mass is 16.2. The van der Waals surface area contributed by atoms with E-state index < -0.39 is 6.04 Å². The van der Waals surface area contributed by atoms with Crippen LogP contribution in [-0.4, -0.2) is 16.9 Å². The van der Waals surface area contributed by atoms with E-state index in [0.29, 0.717) is 6.42 Å². The van der Waals surface area contributed by atoms with Gasteiger partial charge in [-0.3, -0.25) is 9.78 Å². The molecule has 1 amide bonds. The molecule has 0 aromatic carbocycles. The Morgan fingerprint density at radius 1 is 1.71 bits per heavy atom. The van der Waals surface area contributed by atoms with Crippen LogP contribution >= 0.6 is 0 Å². The normalized spacial score (nSPS) is 12.2. The van der Waals surface area contributed by atoms with Crippen molar-refractivity contribution in [1.29, 1.82) is 0 Å². The summed E-state index contributed by atoms with van der Waals surface area (Å²) in [5, 5.41) is 2.73. The number of aryl methyl sites for hydroxylation is 1. The first-order valence-electron chi connectivity index (χ1n) is 4.62. The van der Waals surface area contributed by atoms with Gasteiger partial charge in [-0.2, -0.15) is 0 Å². The van der Waals surface area contributed by atoms with Gasteiger partial charge in [0, 0.05) is 17.6 Å².